The fraction of sp³-hybridized carbons (Fsp3) is 0.0394. The summed E-state index contributed by atoms with van der Waals surface area (Å²) in [6.45, 7) is 10.5. The molecule has 0 bridgehead atoms. The summed E-state index contributed by atoms with van der Waals surface area (Å²) in [6, 6.07) is 149. The molecule has 32 aromatic rings. The van der Waals surface area contributed by atoms with Crippen LogP contribution in [0, 0.1) is 34.6 Å². The first-order valence-electron chi connectivity index (χ1n) is 47.8. The van der Waals surface area contributed by atoms with Gasteiger partial charge >= 0.3 is 0 Å². The van der Waals surface area contributed by atoms with E-state index in [-0.39, 0.29) is 0 Å². The Kier molecular flexibility index (Phi) is 18.2. The third-order valence-electron chi connectivity index (χ3n) is 28.4. The minimum absolute atomic E-state index is 0.883. The maximum atomic E-state index is 6.38. The summed E-state index contributed by atoms with van der Waals surface area (Å²) >= 11 is 0. The van der Waals surface area contributed by atoms with Crippen LogP contribution in [0.25, 0.3) is 259 Å². The highest BCUT2D eigenvalue weighted by Crippen LogP contribution is 2.45. The highest BCUT2D eigenvalue weighted by atomic mass is 16.3. The molecule has 0 amide bonds. The van der Waals surface area contributed by atoms with Gasteiger partial charge in [0.25, 0.3) is 0 Å². The summed E-state index contributed by atoms with van der Waals surface area (Å²) in [5, 5.41) is 19.2. The normalized spacial score (nSPS) is 12.0. The molecule has 0 saturated carbocycles. The second kappa shape index (κ2) is 31.7. The highest BCUT2D eigenvalue weighted by molar-refractivity contribution is 6.17. The molecule has 20 aromatic carbocycles. The SMILES string of the molecule is Cc1ccc2oc3c(-n4c5ccccc5c5ccccc54)cccc3c2c1.Cc1ccc2oc3c(-n4c5ccccc5n5c6ccccc6nc45)cccc3c2c1.Cc1ccc2oc3ccc(-n4c5ccccc5c5ccccc54)cc3c2c1.Cc1cccc2c1oc1ccc(-n3c4ccccc4c4ccccc43)cc12.Cc1cccc2c1oc1ccc(-n3c4ccccc4n4c5ccccc5nc34)cc12. The van der Waals surface area contributed by atoms with Gasteiger partial charge < -0.3 is 35.8 Å². The van der Waals surface area contributed by atoms with Gasteiger partial charge in [0, 0.05) is 97.6 Å². The van der Waals surface area contributed by atoms with E-state index in [4.69, 9.17) is 32.1 Å². The molecule has 668 valence electrons. The molecule has 0 aliphatic carbocycles. The fourth-order valence-corrected chi connectivity index (χ4v) is 22.1. The summed E-state index contributed by atoms with van der Waals surface area (Å²) in [4.78, 5) is 9.96. The second-order valence-electron chi connectivity index (χ2n) is 37.0. The fourth-order valence-electron chi connectivity index (χ4n) is 22.1. The minimum atomic E-state index is 0.883. The lowest BCUT2D eigenvalue weighted by Gasteiger charge is -2.08. The average molecular weight is 1820 g/mol. The van der Waals surface area contributed by atoms with Crippen LogP contribution in [0.15, 0.2) is 447 Å². The zero-order valence-corrected chi connectivity index (χ0v) is 77.5. The number of benzene rings is 20. The zero-order valence-electron chi connectivity index (χ0n) is 77.5. The molecule has 0 saturated heterocycles. The van der Waals surface area contributed by atoms with Gasteiger partial charge in [-0.15, -0.1) is 0 Å². The molecule has 0 spiro atoms. The van der Waals surface area contributed by atoms with Crippen LogP contribution in [-0.2, 0) is 0 Å². The molecule has 32 rings (SSSR count). The monoisotopic (exact) mass is 1820 g/mol. The molecule has 0 N–H and O–H groups in total. The van der Waals surface area contributed by atoms with E-state index in [0.717, 1.165) is 183 Å². The first kappa shape index (κ1) is 80.8. The van der Waals surface area contributed by atoms with Gasteiger partial charge in [0.15, 0.2) is 11.2 Å². The Morgan fingerprint density at radius 1 is 0.170 bits per heavy atom. The molecule has 12 heterocycles. The lowest BCUT2D eigenvalue weighted by Crippen LogP contribution is -1.95. The van der Waals surface area contributed by atoms with Crippen molar-refractivity contribution in [1.29, 1.82) is 0 Å². The molecular weight excluding hydrogens is 1730 g/mol. The standard InChI is InChI=1S/2C26H17N3O.3C25H17NO/c1-16-7-6-8-18-19-15-17(13-14-24(19)30-25(16)18)28-22-11-4-5-12-23(22)29-21-10-3-2-9-20(21)27-26(28)29;1-16-13-14-24-18(15-16)17-7-6-12-23(25(17)30-24)29-22-11-5-4-10-21(22)28-20-9-3-2-8-19(20)27-26(28)29;1-16-7-6-10-20-21-15-17(13-14-24(21)27-25(16)20)26-22-11-4-2-8-18(22)19-9-3-5-12-23(19)26;1-16-13-14-24-20(15-16)19-9-6-12-23(25(19)27-24)26-21-10-4-2-7-17(21)18-8-3-5-11-22(18)26;1-16-10-12-24-20(14-16)21-15-17(11-13-25(21)27-24)26-22-8-4-2-6-18(22)19-7-3-5-9-23(19)26/h2*2-15H,1H3;3*2-15H,1H3. The van der Waals surface area contributed by atoms with E-state index in [0.29, 0.717) is 0 Å². The lowest BCUT2D eigenvalue weighted by molar-refractivity contribution is 0.665. The summed E-state index contributed by atoms with van der Waals surface area (Å²) in [5.41, 5.74) is 36.8. The number of rotatable bonds is 5. The Morgan fingerprint density at radius 3 is 0.816 bits per heavy atom. The Morgan fingerprint density at radius 2 is 0.426 bits per heavy atom. The number of imidazole rings is 4. The number of hydrogen-bond donors (Lipinski definition) is 0. The predicted molar refractivity (Wildman–Crippen MR) is 581 cm³/mol. The van der Waals surface area contributed by atoms with Crippen molar-refractivity contribution < 1.29 is 22.1 Å². The van der Waals surface area contributed by atoms with Gasteiger partial charge in [0.05, 0.1) is 94.3 Å². The van der Waals surface area contributed by atoms with Crippen LogP contribution < -0.4 is 0 Å². The quantitative estimate of drug-likeness (QED) is 0.168. The maximum absolute atomic E-state index is 6.38. The van der Waals surface area contributed by atoms with Gasteiger partial charge in [0.1, 0.15) is 44.7 Å². The minimum Gasteiger partial charge on any atom is -0.456 e. The molecule has 0 fully saturated rings. The van der Waals surface area contributed by atoms with Crippen LogP contribution in [0.4, 0.5) is 0 Å². The van der Waals surface area contributed by atoms with Crippen molar-refractivity contribution in [1.82, 2.24) is 41.6 Å². The van der Waals surface area contributed by atoms with Crippen LogP contribution >= 0.6 is 0 Å². The van der Waals surface area contributed by atoms with Gasteiger partial charge in [-0.2, -0.15) is 0 Å². The summed E-state index contributed by atoms with van der Waals surface area (Å²) in [7, 11) is 0. The molecule has 141 heavy (non-hydrogen) atoms. The van der Waals surface area contributed by atoms with Crippen molar-refractivity contribution in [3.8, 4) is 28.4 Å². The van der Waals surface area contributed by atoms with Crippen LogP contribution in [0.3, 0.4) is 0 Å². The van der Waals surface area contributed by atoms with E-state index in [1.54, 1.807) is 0 Å². The van der Waals surface area contributed by atoms with E-state index in [2.05, 4.69) is 479 Å². The smallest absolute Gasteiger partial charge is 0.220 e. The third kappa shape index (κ3) is 12.7. The molecule has 14 nitrogen and oxygen atoms in total. The maximum Gasteiger partial charge on any atom is 0.220 e. The van der Waals surface area contributed by atoms with E-state index in [1.807, 2.05) is 12.1 Å². The Hall–Kier alpha value is -18.7. The number of nitrogens with zero attached hydrogens (tertiary/aromatic N) is 9. The van der Waals surface area contributed by atoms with Gasteiger partial charge in [-0.1, -0.05) is 253 Å². The first-order valence-corrected chi connectivity index (χ1v) is 47.8. The van der Waals surface area contributed by atoms with Crippen LogP contribution in [-0.4, -0.2) is 41.6 Å². The molecule has 0 atom stereocenters. The highest BCUT2D eigenvalue weighted by Gasteiger charge is 2.26. The molecule has 0 aliphatic heterocycles. The van der Waals surface area contributed by atoms with Gasteiger partial charge in [-0.05, 0) is 234 Å². The first-order chi connectivity index (χ1) is 69.5. The van der Waals surface area contributed by atoms with Crippen molar-refractivity contribution in [3.05, 3.63) is 452 Å². The largest absolute Gasteiger partial charge is 0.456 e. The number of aromatic nitrogens is 9. The Balaban J connectivity index is 0.0000000864. The number of fused-ring (bicyclic) bond motifs is 34. The van der Waals surface area contributed by atoms with Gasteiger partial charge in [-0.3, -0.25) is 17.9 Å². The molecule has 0 aliphatic rings. The number of para-hydroxylation sites is 18. The van der Waals surface area contributed by atoms with Crippen molar-refractivity contribution in [2.24, 2.45) is 0 Å². The topological polar surface area (TPSA) is 125 Å². The number of hydrogen-bond acceptors (Lipinski definition) is 7. The Labute approximate surface area is 804 Å². The van der Waals surface area contributed by atoms with E-state index < -0.39 is 0 Å². The van der Waals surface area contributed by atoms with Crippen LogP contribution in [0.2, 0.25) is 0 Å². The van der Waals surface area contributed by atoms with Crippen molar-refractivity contribution in [2.75, 3.05) is 0 Å². The van der Waals surface area contributed by atoms with Crippen molar-refractivity contribution in [2.45, 2.75) is 34.6 Å². The Bertz CT molecular complexity index is 10500. The van der Waals surface area contributed by atoms with Crippen LogP contribution in [0.5, 0.6) is 0 Å². The molecular formula is C127H85N9O5. The van der Waals surface area contributed by atoms with Crippen LogP contribution in [0.1, 0.15) is 27.8 Å². The number of aryl methyl sites for hydroxylation is 5. The third-order valence-corrected chi connectivity index (χ3v) is 28.4. The van der Waals surface area contributed by atoms with Crippen molar-refractivity contribution in [3.63, 3.8) is 0 Å². The van der Waals surface area contributed by atoms with E-state index >= 15 is 0 Å². The summed E-state index contributed by atoms with van der Waals surface area (Å²) in [5.74, 6) is 1.81. The molecule has 0 radical (unpaired) electrons. The van der Waals surface area contributed by atoms with Gasteiger partial charge in [0.2, 0.25) is 11.6 Å². The van der Waals surface area contributed by atoms with Gasteiger partial charge in [-0.25, -0.2) is 9.97 Å². The number of furan rings is 5. The predicted octanol–water partition coefficient (Wildman–Crippen LogP) is 34.3. The molecule has 0 unspecified atom stereocenters. The molecule has 14 heteroatoms. The summed E-state index contributed by atoms with van der Waals surface area (Å²) < 4.78 is 47.0. The average Bonchev–Trinajstić information content (AvgIpc) is 1.55. The summed E-state index contributed by atoms with van der Waals surface area (Å²) in [6.07, 6.45) is 0. The van der Waals surface area contributed by atoms with E-state index in [1.165, 1.54) is 104 Å². The molecule has 12 aromatic heterocycles. The zero-order chi connectivity index (χ0) is 93.5. The van der Waals surface area contributed by atoms with Crippen molar-refractivity contribution >= 4 is 231 Å². The van der Waals surface area contributed by atoms with E-state index in [9.17, 15) is 0 Å². The second-order valence-corrected chi connectivity index (χ2v) is 37.0. The lowest BCUT2D eigenvalue weighted by atomic mass is 10.1.